The summed E-state index contributed by atoms with van der Waals surface area (Å²) in [6.45, 7) is -0.109. The van der Waals surface area contributed by atoms with Crippen molar-refractivity contribution in [2.75, 3.05) is 13.2 Å². The molecule has 2 aromatic rings. The van der Waals surface area contributed by atoms with Crippen LogP contribution in [0.15, 0.2) is 53.0 Å². The molecule has 0 N–H and O–H groups in total. The van der Waals surface area contributed by atoms with Crippen LogP contribution in [0, 0.1) is 11.8 Å². The summed E-state index contributed by atoms with van der Waals surface area (Å²) in [4.78, 5) is 54.8. The Labute approximate surface area is 199 Å². The number of rotatable bonds is 7. The maximum atomic E-state index is 12.4. The van der Waals surface area contributed by atoms with Gasteiger partial charge in [-0.25, -0.2) is 0 Å². The Balaban J connectivity index is 1.28. The molecule has 172 valence electrons. The van der Waals surface area contributed by atoms with Gasteiger partial charge >= 0.3 is 5.97 Å². The van der Waals surface area contributed by atoms with Crippen molar-refractivity contribution < 1.29 is 23.9 Å². The van der Waals surface area contributed by atoms with Crippen molar-refractivity contribution in [2.24, 2.45) is 16.8 Å². The highest BCUT2D eigenvalue weighted by atomic mass is 35.5. The molecule has 0 radical (unpaired) electrons. The number of ether oxygens (including phenoxy) is 1. The summed E-state index contributed by atoms with van der Waals surface area (Å²) in [5.41, 5.74) is 0.888. The molecule has 0 bridgehead atoms. The Hall–Kier alpha value is -3.04. The zero-order valence-corrected chi connectivity index (χ0v) is 19.3. The van der Waals surface area contributed by atoms with E-state index >= 15 is 0 Å². The van der Waals surface area contributed by atoms with Crippen LogP contribution in [0.25, 0.3) is 0 Å². The minimum absolute atomic E-state index is 0.0441. The van der Waals surface area contributed by atoms with E-state index in [1.165, 1.54) is 11.3 Å². The van der Waals surface area contributed by atoms with Crippen molar-refractivity contribution in [3.63, 3.8) is 0 Å². The summed E-state index contributed by atoms with van der Waals surface area (Å²) in [6, 6.07) is 7.40. The lowest BCUT2D eigenvalue weighted by molar-refractivity contribution is -0.149. The number of fused-ring (bicyclic) bond motifs is 1. The second kappa shape index (κ2) is 10.3. The zero-order chi connectivity index (χ0) is 23.4. The lowest BCUT2D eigenvalue weighted by Crippen LogP contribution is -2.33. The molecule has 33 heavy (non-hydrogen) atoms. The number of imide groups is 1. The highest BCUT2D eigenvalue weighted by molar-refractivity contribution is 7.07. The van der Waals surface area contributed by atoms with E-state index in [-0.39, 0.29) is 36.6 Å². The first kappa shape index (κ1) is 23.1. The van der Waals surface area contributed by atoms with Crippen molar-refractivity contribution in [3.05, 3.63) is 63.4 Å². The number of hydrogen-bond donors (Lipinski definition) is 0. The number of esters is 1. The van der Waals surface area contributed by atoms with Gasteiger partial charge in [-0.2, -0.15) is 4.99 Å². The predicted molar refractivity (Wildman–Crippen MR) is 121 cm³/mol. The molecule has 8 nitrogen and oxygen atoms in total. The van der Waals surface area contributed by atoms with Crippen LogP contribution in [0.2, 0.25) is 5.02 Å². The summed E-state index contributed by atoms with van der Waals surface area (Å²) in [5.74, 6) is -2.42. The zero-order valence-electron chi connectivity index (χ0n) is 17.7. The van der Waals surface area contributed by atoms with Gasteiger partial charge in [0.15, 0.2) is 11.4 Å². The monoisotopic (exact) mass is 487 g/mol. The maximum absolute atomic E-state index is 12.4. The van der Waals surface area contributed by atoms with Crippen LogP contribution in [0.1, 0.15) is 24.8 Å². The highest BCUT2D eigenvalue weighted by Gasteiger charge is 2.46. The third-order valence-corrected chi connectivity index (χ3v) is 6.84. The normalized spacial score (nSPS) is 20.3. The van der Waals surface area contributed by atoms with E-state index in [0.29, 0.717) is 29.2 Å². The van der Waals surface area contributed by atoms with Crippen LogP contribution >= 0.6 is 22.9 Å². The number of hydrogen-bond acceptors (Lipinski definition) is 6. The number of carbonyl (C=O) groups excluding carboxylic acids is 4. The first-order valence-electron chi connectivity index (χ1n) is 10.5. The largest absolute Gasteiger partial charge is 0.455 e. The lowest BCUT2D eigenvalue weighted by Gasteiger charge is -2.14. The van der Waals surface area contributed by atoms with Gasteiger partial charge in [-0.05, 0) is 24.5 Å². The van der Waals surface area contributed by atoms with Crippen molar-refractivity contribution in [3.8, 4) is 0 Å². The molecule has 1 fully saturated rings. The van der Waals surface area contributed by atoms with Crippen LogP contribution in [0.5, 0.6) is 0 Å². The first-order chi connectivity index (χ1) is 15.9. The highest BCUT2D eigenvalue weighted by Crippen LogP contribution is 2.35. The van der Waals surface area contributed by atoms with Gasteiger partial charge in [-0.15, -0.1) is 11.3 Å². The van der Waals surface area contributed by atoms with Crippen molar-refractivity contribution >= 4 is 46.6 Å². The second-order valence-corrected chi connectivity index (χ2v) is 9.09. The fourth-order valence-corrected chi connectivity index (χ4v) is 4.90. The number of thiazole rings is 1. The minimum Gasteiger partial charge on any atom is -0.455 e. The molecule has 0 spiro atoms. The topological polar surface area (TPSA) is 98.0 Å². The molecule has 2 atom stereocenters. The number of halogens is 1. The number of allylic oxidation sites excluding steroid dienone is 2. The first-order valence-corrected chi connectivity index (χ1v) is 11.8. The van der Waals surface area contributed by atoms with Crippen LogP contribution in [0.4, 0.5) is 0 Å². The molecule has 1 aromatic heterocycles. The van der Waals surface area contributed by atoms with Crippen molar-refractivity contribution in [2.45, 2.75) is 25.8 Å². The van der Waals surface area contributed by atoms with Gasteiger partial charge in [-0.1, -0.05) is 42.0 Å². The number of nitrogens with zero attached hydrogens (tertiary/aromatic N) is 3. The molecule has 1 aliphatic carbocycles. The van der Waals surface area contributed by atoms with E-state index in [1.54, 1.807) is 22.2 Å². The summed E-state index contributed by atoms with van der Waals surface area (Å²) in [7, 11) is 0. The average Bonchev–Trinajstić information content (AvgIpc) is 3.34. The minimum atomic E-state index is -0.665. The van der Waals surface area contributed by atoms with Crippen molar-refractivity contribution in [1.82, 2.24) is 9.47 Å². The van der Waals surface area contributed by atoms with Gasteiger partial charge in [0.25, 0.3) is 5.91 Å². The smallest absolute Gasteiger partial charge is 0.308 e. The Morgan fingerprint density at radius 1 is 1.12 bits per heavy atom. The number of benzene rings is 1. The number of likely N-dealkylation sites (tertiary alicyclic amines) is 1. The lowest BCUT2D eigenvalue weighted by atomic mass is 9.85. The molecule has 2 unspecified atom stereocenters. The van der Waals surface area contributed by atoms with Gasteiger partial charge in [0.2, 0.25) is 11.8 Å². The Bertz CT molecular complexity index is 1160. The fourth-order valence-electron chi connectivity index (χ4n) is 3.96. The maximum Gasteiger partial charge on any atom is 0.308 e. The molecule has 4 rings (SSSR count). The summed E-state index contributed by atoms with van der Waals surface area (Å²) in [5, 5.41) is 2.42. The molecule has 10 heteroatoms. The van der Waals surface area contributed by atoms with E-state index in [2.05, 4.69) is 4.99 Å². The van der Waals surface area contributed by atoms with Crippen LogP contribution in [0.3, 0.4) is 0 Å². The molecule has 0 saturated carbocycles. The van der Waals surface area contributed by atoms with E-state index in [1.807, 2.05) is 30.4 Å². The van der Waals surface area contributed by atoms with Gasteiger partial charge in [0.05, 0.1) is 24.8 Å². The fraction of sp³-hybridized carbons (Fsp3) is 0.348. The molecule has 2 heterocycles. The van der Waals surface area contributed by atoms with Crippen LogP contribution in [-0.4, -0.2) is 46.3 Å². The molecule has 1 aromatic carbocycles. The van der Waals surface area contributed by atoms with Gasteiger partial charge in [0, 0.05) is 23.1 Å². The second-order valence-electron chi connectivity index (χ2n) is 7.81. The van der Waals surface area contributed by atoms with Gasteiger partial charge in [-0.3, -0.25) is 24.1 Å². The van der Waals surface area contributed by atoms with Gasteiger partial charge in [0.1, 0.15) is 0 Å². The van der Waals surface area contributed by atoms with E-state index in [4.69, 9.17) is 16.3 Å². The predicted octanol–water partition coefficient (Wildman–Crippen LogP) is 2.56. The third kappa shape index (κ3) is 5.31. The summed E-state index contributed by atoms with van der Waals surface area (Å²) < 4.78 is 6.79. The van der Waals surface area contributed by atoms with Crippen molar-refractivity contribution in [1.29, 1.82) is 0 Å². The Kier molecular flexibility index (Phi) is 7.20. The quantitative estimate of drug-likeness (QED) is 0.339. The number of carbonyl (C=O) groups is 4. The Morgan fingerprint density at radius 2 is 1.82 bits per heavy atom. The number of amides is 3. The average molecular weight is 488 g/mol. The van der Waals surface area contributed by atoms with Gasteiger partial charge < -0.3 is 9.30 Å². The summed E-state index contributed by atoms with van der Waals surface area (Å²) in [6.07, 6.45) is 6.54. The Morgan fingerprint density at radius 3 is 2.52 bits per heavy atom. The SMILES string of the molecule is O=C(COC(=O)CCN1C(=O)C2CC=CCC2C1=O)N=c1sccn1Cc1ccccc1Cl. The molecule has 1 aliphatic heterocycles. The van der Waals surface area contributed by atoms with E-state index in [9.17, 15) is 19.2 Å². The van der Waals surface area contributed by atoms with Crippen LogP contribution in [-0.2, 0) is 30.5 Å². The molecule has 1 saturated heterocycles. The number of aromatic nitrogens is 1. The summed E-state index contributed by atoms with van der Waals surface area (Å²) >= 11 is 7.48. The molecule has 3 amide bonds. The van der Waals surface area contributed by atoms with Crippen LogP contribution < -0.4 is 4.80 Å². The molecule has 2 aliphatic rings. The molecular weight excluding hydrogens is 466 g/mol. The van der Waals surface area contributed by atoms with E-state index < -0.39 is 18.5 Å². The molecular formula is C23H22ClN3O5S. The standard InChI is InChI=1S/C23H22ClN3O5S/c24-18-8-4-1-5-15(18)13-26-11-12-33-23(26)25-19(28)14-32-20(29)9-10-27-21(30)16-6-2-3-7-17(16)22(27)31/h1-5,8,11-12,16-17H,6-7,9-10,13-14H2. The van der Waals surface area contributed by atoms with E-state index in [0.717, 1.165) is 10.5 Å². The third-order valence-electron chi connectivity index (χ3n) is 5.67.